The monoisotopic (exact) mass is 463 g/mol. The molecule has 0 unspecified atom stereocenters. The number of carbonyl (C=O) groups excluding carboxylic acids is 1. The van der Waals surface area contributed by atoms with Gasteiger partial charge in [0.25, 0.3) is 11.6 Å². The molecule has 1 aliphatic rings. The molecule has 3 aromatic rings. The van der Waals surface area contributed by atoms with Crippen molar-refractivity contribution >= 4 is 17.4 Å². The van der Waals surface area contributed by atoms with Crippen LogP contribution in [0.2, 0.25) is 0 Å². The molecule has 1 saturated heterocycles. The van der Waals surface area contributed by atoms with Crippen molar-refractivity contribution in [3.05, 3.63) is 76.1 Å². The van der Waals surface area contributed by atoms with E-state index in [2.05, 4.69) is 14.9 Å². The van der Waals surface area contributed by atoms with Crippen LogP contribution in [0.5, 0.6) is 17.4 Å². The molecule has 34 heavy (non-hydrogen) atoms. The van der Waals surface area contributed by atoms with Crippen molar-refractivity contribution in [3.8, 4) is 17.4 Å². The number of hydrogen-bond donors (Lipinski definition) is 0. The molecule has 2 aromatic carbocycles. The van der Waals surface area contributed by atoms with Crippen LogP contribution in [-0.4, -0.2) is 58.5 Å². The third-order valence-corrected chi connectivity index (χ3v) is 5.68. The second kappa shape index (κ2) is 9.74. The van der Waals surface area contributed by atoms with Crippen molar-refractivity contribution in [2.75, 3.05) is 31.6 Å². The summed E-state index contributed by atoms with van der Waals surface area (Å²) in [6.45, 7) is 5.46. The molecule has 0 N–H and O–H groups in total. The van der Waals surface area contributed by atoms with Crippen LogP contribution in [0.15, 0.2) is 54.9 Å². The SMILES string of the molecule is COc1cc(C)ccc1Oc1cc(N2CCN(C(=O)c3cccc([N+](=O)[O-])c3)[C@@H](C)C2)ncn1. The van der Waals surface area contributed by atoms with Gasteiger partial charge in [0, 0.05) is 49.4 Å². The number of anilines is 1. The summed E-state index contributed by atoms with van der Waals surface area (Å²) in [5, 5.41) is 11.1. The van der Waals surface area contributed by atoms with Gasteiger partial charge in [-0.2, -0.15) is 0 Å². The lowest BCUT2D eigenvalue weighted by atomic mass is 10.1. The normalized spacial score (nSPS) is 15.7. The van der Waals surface area contributed by atoms with Crippen molar-refractivity contribution in [2.24, 2.45) is 0 Å². The largest absolute Gasteiger partial charge is 0.493 e. The number of nitro benzene ring substituents is 1. The minimum Gasteiger partial charge on any atom is -0.493 e. The first-order valence-electron chi connectivity index (χ1n) is 10.8. The summed E-state index contributed by atoms with van der Waals surface area (Å²) in [6.07, 6.45) is 1.44. The predicted octanol–water partition coefficient (Wildman–Crippen LogP) is 3.85. The standard InChI is InChI=1S/C24H25N5O5/c1-16-7-8-20(21(11-16)33-3)34-23-13-22(25-15-26-23)27-9-10-28(17(2)14-27)24(30)18-5-4-6-19(12-18)29(31)32/h4-8,11-13,15,17H,9-10,14H2,1-3H3/t17-/m0/s1. The fraction of sp³-hybridized carbons (Fsp3) is 0.292. The van der Waals surface area contributed by atoms with Crippen molar-refractivity contribution in [2.45, 2.75) is 19.9 Å². The Morgan fingerprint density at radius 1 is 1.12 bits per heavy atom. The Kier molecular flexibility index (Phi) is 6.58. The number of piperazine rings is 1. The van der Waals surface area contributed by atoms with Crippen molar-refractivity contribution in [3.63, 3.8) is 0 Å². The molecule has 10 nitrogen and oxygen atoms in total. The summed E-state index contributed by atoms with van der Waals surface area (Å²) in [5.41, 5.74) is 1.26. The van der Waals surface area contributed by atoms with Gasteiger partial charge < -0.3 is 19.3 Å². The lowest BCUT2D eigenvalue weighted by molar-refractivity contribution is -0.384. The average molecular weight is 463 g/mol. The third-order valence-electron chi connectivity index (χ3n) is 5.68. The zero-order valence-corrected chi connectivity index (χ0v) is 19.2. The molecule has 1 aromatic heterocycles. The van der Waals surface area contributed by atoms with Crippen molar-refractivity contribution in [1.82, 2.24) is 14.9 Å². The van der Waals surface area contributed by atoms with Gasteiger partial charge in [-0.1, -0.05) is 12.1 Å². The van der Waals surface area contributed by atoms with Gasteiger partial charge in [0.15, 0.2) is 11.5 Å². The third kappa shape index (κ3) is 4.90. The highest BCUT2D eigenvalue weighted by Crippen LogP contribution is 2.32. The number of ether oxygens (including phenoxy) is 2. The summed E-state index contributed by atoms with van der Waals surface area (Å²) >= 11 is 0. The fourth-order valence-electron chi connectivity index (χ4n) is 3.92. The molecule has 1 amide bonds. The van der Waals surface area contributed by atoms with Gasteiger partial charge in [-0.25, -0.2) is 9.97 Å². The van der Waals surface area contributed by atoms with E-state index < -0.39 is 4.92 Å². The fourth-order valence-corrected chi connectivity index (χ4v) is 3.92. The smallest absolute Gasteiger partial charge is 0.270 e. The maximum absolute atomic E-state index is 13.0. The van der Waals surface area contributed by atoms with Crippen LogP contribution in [-0.2, 0) is 0 Å². The first-order valence-corrected chi connectivity index (χ1v) is 10.8. The highest BCUT2D eigenvalue weighted by molar-refractivity contribution is 5.95. The van der Waals surface area contributed by atoms with Crippen molar-refractivity contribution in [1.29, 1.82) is 0 Å². The van der Waals surface area contributed by atoms with Gasteiger partial charge in [-0.05, 0) is 37.6 Å². The first-order chi connectivity index (χ1) is 16.4. The van der Waals surface area contributed by atoms with E-state index in [0.29, 0.717) is 48.4 Å². The van der Waals surface area contributed by atoms with Gasteiger partial charge >= 0.3 is 0 Å². The Balaban J connectivity index is 1.46. The van der Waals surface area contributed by atoms with Crippen LogP contribution in [0.1, 0.15) is 22.8 Å². The lowest BCUT2D eigenvalue weighted by Gasteiger charge is -2.40. The quantitative estimate of drug-likeness (QED) is 0.400. The number of amides is 1. The van der Waals surface area contributed by atoms with E-state index in [0.717, 1.165) is 5.56 Å². The maximum atomic E-state index is 13.0. The number of non-ortho nitro benzene ring substituents is 1. The van der Waals surface area contributed by atoms with E-state index in [1.165, 1.54) is 24.5 Å². The molecule has 0 aliphatic carbocycles. The van der Waals surface area contributed by atoms with E-state index >= 15 is 0 Å². The second-order valence-corrected chi connectivity index (χ2v) is 8.07. The van der Waals surface area contributed by atoms with E-state index in [9.17, 15) is 14.9 Å². The number of rotatable bonds is 6. The van der Waals surface area contributed by atoms with Crippen LogP contribution in [0, 0.1) is 17.0 Å². The number of nitrogens with zero attached hydrogens (tertiary/aromatic N) is 5. The van der Waals surface area contributed by atoms with Crippen LogP contribution in [0.25, 0.3) is 0 Å². The number of aryl methyl sites for hydroxylation is 1. The molecular weight excluding hydrogens is 438 g/mol. The Morgan fingerprint density at radius 2 is 1.94 bits per heavy atom. The Hall–Kier alpha value is -4.21. The van der Waals surface area contributed by atoms with Crippen LogP contribution in [0.3, 0.4) is 0 Å². The van der Waals surface area contributed by atoms with E-state index in [4.69, 9.17) is 9.47 Å². The van der Waals surface area contributed by atoms with Crippen LogP contribution < -0.4 is 14.4 Å². The lowest BCUT2D eigenvalue weighted by Crippen LogP contribution is -2.54. The van der Waals surface area contributed by atoms with Gasteiger partial charge in [-0.15, -0.1) is 0 Å². The molecule has 10 heteroatoms. The molecule has 176 valence electrons. The number of carbonyl (C=O) groups is 1. The molecule has 1 fully saturated rings. The zero-order valence-electron chi connectivity index (χ0n) is 19.2. The number of methoxy groups -OCH3 is 1. The number of nitro groups is 1. The first kappa shape index (κ1) is 23.0. The summed E-state index contributed by atoms with van der Waals surface area (Å²) in [7, 11) is 1.59. The van der Waals surface area contributed by atoms with E-state index in [1.54, 1.807) is 24.1 Å². The summed E-state index contributed by atoms with van der Waals surface area (Å²) < 4.78 is 11.3. The molecule has 0 saturated carbocycles. The Labute approximate surface area is 196 Å². The average Bonchev–Trinajstić information content (AvgIpc) is 2.85. The highest BCUT2D eigenvalue weighted by atomic mass is 16.6. The van der Waals surface area contributed by atoms with Crippen LogP contribution >= 0.6 is 0 Å². The molecule has 1 atom stereocenters. The Bertz CT molecular complexity index is 1220. The van der Waals surface area contributed by atoms with Crippen LogP contribution in [0.4, 0.5) is 11.5 Å². The minimum atomic E-state index is -0.501. The summed E-state index contributed by atoms with van der Waals surface area (Å²) in [4.78, 5) is 35.9. The highest BCUT2D eigenvalue weighted by Gasteiger charge is 2.29. The van der Waals surface area contributed by atoms with Gasteiger partial charge in [-0.3, -0.25) is 14.9 Å². The van der Waals surface area contributed by atoms with Gasteiger partial charge in [0.05, 0.1) is 12.0 Å². The molecule has 0 spiro atoms. The number of benzene rings is 2. The van der Waals surface area contributed by atoms with E-state index in [1.807, 2.05) is 32.0 Å². The van der Waals surface area contributed by atoms with Gasteiger partial charge in [0.1, 0.15) is 12.1 Å². The van der Waals surface area contributed by atoms with E-state index in [-0.39, 0.29) is 17.6 Å². The molecule has 4 rings (SSSR count). The Morgan fingerprint density at radius 3 is 2.68 bits per heavy atom. The topological polar surface area (TPSA) is 111 Å². The molecule has 0 bridgehead atoms. The zero-order chi connectivity index (χ0) is 24.2. The number of hydrogen-bond acceptors (Lipinski definition) is 8. The predicted molar refractivity (Wildman–Crippen MR) is 126 cm³/mol. The number of aromatic nitrogens is 2. The second-order valence-electron chi connectivity index (χ2n) is 8.07. The molecule has 1 aliphatic heterocycles. The molecule has 0 radical (unpaired) electrons. The molecule has 2 heterocycles. The summed E-state index contributed by atoms with van der Waals surface area (Å²) in [5.74, 6) is 2.01. The van der Waals surface area contributed by atoms with Gasteiger partial charge in [0.2, 0.25) is 5.88 Å². The molecular formula is C24H25N5O5. The maximum Gasteiger partial charge on any atom is 0.270 e. The van der Waals surface area contributed by atoms with Crippen molar-refractivity contribution < 1.29 is 19.2 Å². The minimum absolute atomic E-state index is 0.101. The summed E-state index contributed by atoms with van der Waals surface area (Å²) in [6, 6.07) is 13.1.